The second-order valence-electron chi connectivity index (χ2n) is 6.00. The first-order chi connectivity index (χ1) is 12.6. The minimum Gasteiger partial charge on any atom is -0.361 e. The van der Waals surface area contributed by atoms with Crippen LogP contribution in [-0.4, -0.2) is 11.1 Å². The minimum absolute atomic E-state index is 0.147. The van der Waals surface area contributed by atoms with Crippen LogP contribution in [0.1, 0.15) is 27.2 Å². The number of nitrogens with zero attached hydrogens (tertiary/aromatic N) is 1. The van der Waals surface area contributed by atoms with Gasteiger partial charge in [-0.05, 0) is 49.7 Å². The zero-order chi connectivity index (χ0) is 19.8. The number of halogens is 4. The van der Waals surface area contributed by atoms with Crippen LogP contribution in [0.4, 0.5) is 18.9 Å². The van der Waals surface area contributed by atoms with Crippen LogP contribution in [0.5, 0.6) is 0 Å². The average Bonchev–Trinajstić information content (AvgIpc) is 3.02. The Morgan fingerprint density at radius 2 is 1.85 bits per heavy atom. The van der Waals surface area contributed by atoms with E-state index in [0.717, 1.165) is 23.3 Å². The third-order valence-corrected chi connectivity index (χ3v) is 4.26. The van der Waals surface area contributed by atoms with E-state index in [1.807, 2.05) is 6.92 Å². The Morgan fingerprint density at radius 3 is 2.48 bits per heavy atom. The number of alkyl halides is 3. The predicted molar refractivity (Wildman–Crippen MR) is 95.8 cm³/mol. The number of aromatic nitrogens is 1. The summed E-state index contributed by atoms with van der Waals surface area (Å²) in [5.41, 5.74) is 1.48. The van der Waals surface area contributed by atoms with E-state index in [-0.39, 0.29) is 5.56 Å². The normalized spacial score (nSPS) is 11.5. The molecule has 0 aliphatic rings. The van der Waals surface area contributed by atoms with E-state index in [9.17, 15) is 18.0 Å². The SMILES string of the molecule is Cc1cc(-c2cc(NC(=O)c3ccc(Cl)c(C(F)(F)F)c3)ccc2C)no1. The second-order valence-corrected chi connectivity index (χ2v) is 6.41. The molecule has 0 bridgehead atoms. The number of hydrogen-bond donors (Lipinski definition) is 1. The van der Waals surface area contributed by atoms with E-state index in [0.29, 0.717) is 17.1 Å². The van der Waals surface area contributed by atoms with Gasteiger partial charge >= 0.3 is 6.18 Å². The van der Waals surface area contributed by atoms with E-state index in [1.54, 1.807) is 31.2 Å². The monoisotopic (exact) mass is 394 g/mol. The van der Waals surface area contributed by atoms with Gasteiger partial charge in [-0.25, -0.2) is 0 Å². The summed E-state index contributed by atoms with van der Waals surface area (Å²) < 4.78 is 44.0. The molecule has 27 heavy (non-hydrogen) atoms. The summed E-state index contributed by atoms with van der Waals surface area (Å²) in [4.78, 5) is 12.4. The maximum absolute atomic E-state index is 13.0. The number of carbonyl (C=O) groups is 1. The largest absolute Gasteiger partial charge is 0.417 e. The lowest BCUT2D eigenvalue weighted by Gasteiger charge is -2.12. The lowest BCUT2D eigenvalue weighted by molar-refractivity contribution is -0.137. The van der Waals surface area contributed by atoms with Gasteiger partial charge in [0.25, 0.3) is 5.91 Å². The van der Waals surface area contributed by atoms with E-state index >= 15 is 0 Å². The van der Waals surface area contributed by atoms with Crippen molar-refractivity contribution in [2.24, 2.45) is 0 Å². The molecule has 0 saturated heterocycles. The first-order valence-corrected chi connectivity index (χ1v) is 8.25. The van der Waals surface area contributed by atoms with E-state index in [4.69, 9.17) is 16.1 Å². The maximum Gasteiger partial charge on any atom is 0.417 e. The lowest BCUT2D eigenvalue weighted by Crippen LogP contribution is -2.14. The topological polar surface area (TPSA) is 55.1 Å². The van der Waals surface area contributed by atoms with Crippen molar-refractivity contribution in [3.63, 3.8) is 0 Å². The van der Waals surface area contributed by atoms with Crippen molar-refractivity contribution in [1.82, 2.24) is 5.16 Å². The molecule has 1 N–H and O–H groups in total. The molecular formula is C19H14ClF3N2O2. The highest BCUT2D eigenvalue weighted by Crippen LogP contribution is 2.35. The van der Waals surface area contributed by atoms with Gasteiger partial charge in [0.15, 0.2) is 0 Å². The number of amides is 1. The fraction of sp³-hybridized carbons (Fsp3) is 0.158. The molecule has 0 atom stereocenters. The number of hydrogen-bond acceptors (Lipinski definition) is 3. The molecule has 0 unspecified atom stereocenters. The van der Waals surface area contributed by atoms with Crippen molar-refractivity contribution in [1.29, 1.82) is 0 Å². The number of carbonyl (C=O) groups excluding carboxylic acids is 1. The van der Waals surface area contributed by atoms with Gasteiger partial charge < -0.3 is 9.84 Å². The van der Waals surface area contributed by atoms with Gasteiger partial charge in [-0.2, -0.15) is 13.2 Å². The quantitative estimate of drug-likeness (QED) is 0.603. The Balaban J connectivity index is 1.89. The summed E-state index contributed by atoms with van der Waals surface area (Å²) in [6, 6.07) is 9.89. The molecule has 0 spiro atoms. The summed E-state index contributed by atoms with van der Waals surface area (Å²) in [6.45, 7) is 3.63. The van der Waals surface area contributed by atoms with Crippen LogP contribution >= 0.6 is 11.6 Å². The molecule has 2 aromatic carbocycles. The van der Waals surface area contributed by atoms with E-state index < -0.39 is 22.7 Å². The fourth-order valence-electron chi connectivity index (χ4n) is 2.56. The van der Waals surface area contributed by atoms with Crippen molar-refractivity contribution >= 4 is 23.2 Å². The summed E-state index contributed by atoms with van der Waals surface area (Å²) in [5, 5.41) is 6.08. The number of benzene rings is 2. The van der Waals surface area contributed by atoms with E-state index in [1.165, 1.54) is 6.07 Å². The van der Waals surface area contributed by atoms with Crippen molar-refractivity contribution in [2.45, 2.75) is 20.0 Å². The van der Waals surface area contributed by atoms with E-state index in [2.05, 4.69) is 10.5 Å². The van der Waals surface area contributed by atoms with Crippen LogP contribution in [0.2, 0.25) is 5.02 Å². The van der Waals surface area contributed by atoms with Gasteiger partial charge in [0.1, 0.15) is 11.5 Å². The van der Waals surface area contributed by atoms with Crippen LogP contribution in [-0.2, 0) is 6.18 Å². The Bertz CT molecular complexity index is 1010. The van der Waals surface area contributed by atoms with Crippen molar-refractivity contribution in [2.75, 3.05) is 5.32 Å². The van der Waals surface area contributed by atoms with Crippen molar-refractivity contribution < 1.29 is 22.5 Å². The maximum atomic E-state index is 13.0. The molecule has 3 aromatic rings. The molecule has 0 aliphatic carbocycles. The molecule has 0 fully saturated rings. The molecule has 0 aliphatic heterocycles. The van der Waals surface area contributed by atoms with Crippen molar-refractivity contribution in [3.8, 4) is 11.3 Å². The van der Waals surface area contributed by atoms with Gasteiger partial charge in [0.2, 0.25) is 0 Å². The summed E-state index contributed by atoms with van der Waals surface area (Å²) in [6.07, 6.45) is -4.64. The number of anilines is 1. The average molecular weight is 395 g/mol. The molecule has 1 aromatic heterocycles. The van der Waals surface area contributed by atoms with Gasteiger partial charge in [-0.3, -0.25) is 4.79 Å². The third kappa shape index (κ3) is 4.14. The second kappa shape index (κ2) is 7.08. The van der Waals surface area contributed by atoms with Gasteiger partial charge in [0, 0.05) is 22.9 Å². The number of rotatable bonds is 3. The zero-order valence-electron chi connectivity index (χ0n) is 14.3. The predicted octanol–water partition coefficient (Wildman–Crippen LogP) is 5.88. The van der Waals surface area contributed by atoms with Gasteiger partial charge in [0.05, 0.1) is 10.6 Å². The Morgan fingerprint density at radius 1 is 1.11 bits per heavy atom. The lowest BCUT2D eigenvalue weighted by atomic mass is 10.0. The highest BCUT2D eigenvalue weighted by Gasteiger charge is 2.33. The van der Waals surface area contributed by atoms with Crippen LogP contribution in [0, 0.1) is 13.8 Å². The molecule has 1 amide bonds. The molecule has 0 radical (unpaired) electrons. The third-order valence-electron chi connectivity index (χ3n) is 3.93. The highest BCUT2D eigenvalue weighted by molar-refractivity contribution is 6.31. The summed E-state index contributed by atoms with van der Waals surface area (Å²) in [5.74, 6) is -0.0389. The first kappa shape index (κ1) is 19.0. The van der Waals surface area contributed by atoms with Crippen molar-refractivity contribution in [3.05, 3.63) is 69.9 Å². The van der Waals surface area contributed by atoms with Crippen LogP contribution in [0.3, 0.4) is 0 Å². The van der Waals surface area contributed by atoms with Crippen LogP contribution < -0.4 is 5.32 Å². The fourth-order valence-corrected chi connectivity index (χ4v) is 2.78. The summed E-state index contributed by atoms with van der Waals surface area (Å²) in [7, 11) is 0. The van der Waals surface area contributed by atoms with Crippen LogP contribution in [0.15, 0.2) is 47.0 Å². The Labute approximate surface area is 157 Å². The van der Waals surface area contributed by atoms with Gasteiger partial charge in [-0.1, -0.05) is 22.8 Å². The molecule has 1 heterocycles. The van der Waals surface area contributed by atoms with Gasteiger partial charge in [-0.15, -0.1) is 0 Å². The molecule has 8 heteroatoms. The molecule has 3 rings (SSSR count). The smallest absolute Gasteiger partial charge is 0.361 e. The number of nitrogens with one attached hydrogen (secondary N) is 1. The highest BCUT2D eigenvalue weighted by atomic mass is 35.5. The zero-order valence-corrected chi connectivity index (χ0v) is 15.1. The van der Waals surface area contributed by atoms with Crippen LogP contribution in [0.25, 0.3) is 11.3 Å². The minimum atomic E-state index is -4.64. The molecular weight excluding hydrogens is 381 g/mol. The summed E-state index contributed by atoms with van der Waals surface area (Å²) >= 11 is 5.59. The standard InChI is InChI=1S/C19H14ClF3N2O2/c1-10-3-5-13(9-14(10)17-7-11(2)27-25-17)24-18(26)12-4-6-16(20)15(8-12)19(21,22)23/h3-9H,1-2H3,(H,24,26). The Hall–Kier alpha value is -2.80. The molecule has 4 nitrogen and oxygen atoms in total. The first-order valence-electron chi connectivity index (χ1n) is 7.87. The molecule has 140 valence electrons. The number of aryl methyl sites for hydroxylation is 2. The Kier molecular flexibility index (Phi) is 4.97. The molecule has 0 saturated carbocycles.